The minimum atomic E-state index is -0.963. The lowest BCUT2D eigenvalue weighted by Crippen LogP contribution is -2.27. The Balaban J connectivity index is 2.08. The number of rotatable bonds is 7. The van der Waals surface area contributed by atoms with E-state index in [-0.39, 0.29) is 17.5 Å². The molecule has 0 unspecified atom stereocenters. The maximum absolute atomic E-state index is 12.5. The van der Waals surface area contributed by atoms with Crippen molar-refractivity contribution in [3.8, 4) is 0 Å². The number of nitrogens with zero attached hydrogens (tertiary/aromatic N) is 2. The minimum absolute atomic E-state index is 0.176. The van der Waals surface area contributed by atoms with Gasteiger partial charge in [-0.1, -0.05) is 26.0 Å². The highest BCUT2D eigenvalue weighted by atomic mass is 16.4. The lowest BCUT2D eigenvalue weighted by Gasteiger charge is -2.16. The van der Waals surface area contributed by atoms with Crippen LogP contribution in [0.15, 0.2) is 30.3 Å². The summed E-state index contributed by atoms with van der Waals surface area (Å²) in [7, 11) is 0. The zero-order chi connectivity index (χ0) is 17.7. The Bertz CT molecular complexity index is 716. The summed E-state index contributed by atoms with van der Waals surface area (Å²) in [5.74, 6) is -1.14. The van der Waals surface area contributed by atoms with Gasteiger partial charge in [-0.05, 0) is 43.5 Å². The minimum Gasteiger partial charge on any atom is -0.478 e. The highest BCUT2D eigenvalue weighted by molar-refractivity contribution is 5.92. The van der Waals surface area contributed by atoms with Crippen molar-refractivity contribution in [2.45, 2.75) is 46.2 Å². The zero-order valence-corrected chi connectivity index (χ0v) is 14.2. The van der Waals surface area contributed by atoms with Gasteiger partial charge in [0, 0.05) is 6.54 Å². The van der Waals surface area contributed by atoms with Crippen LogP contribution in [0.2, 0.25) is 0 Å². The summed E-state index contributed by atoms with van der Waals surface area (Å²) < 4.78 is 1.80. The molecule has 1 aromatic carbocycles. The lowest BCUT2D eigenvalue weighted by molar-refractivity contribution is 0.0696. The molecule has 2 aromatic rings. The van der Waals surface area contributed by atoms with E-state index in [0.29, 0.717) is 12.2 Å². The van der Waals surface area contributed by atoms with Gasteiger partial charge in [-0.2, -0.15) is 5.10 Å². The van der Waals surface area contributed by atoms with Gasteiger partial charge in [-0.3, -0.25) is 9.48 Å². The zero-order valence-electron chi connectivity index (χ0n) is 14.2. The number of hydrogen-bond acceptors (Lipinski definition) is 3. The van der Waals surface area contributed by atoms with E-state index in [0.717, 1.165) is 24.1 Å². The molecule has 2 N–H and O–H groups in total. The molecule has 1 amide bonds. The molecule has 2 rings (SSSR count). The van der Waals surface area contributed by atoms with Crippen LogP contribution in [0.1, 0.15) is 64.8 Å². The molecule has 0 atom stereocenters. The van der Waals surface area contributed by atoms with Crippen LogP contribution in [0.3, 0.4) is 0 Å². The smallest absolute Gasteiger partial charge is 0.335 e. The second-order valence-corrected chi connectivity index (χ2v) is 5.77. The molecule has 128 valence electrons. The summed E-state index contributed by atoms with van der Waals surface area (Å²) in [5, 5.41) is 16.2. The highest BCUT2D eigenvalue weighted by Gasteiger charge is 2.18. The number of nitrogens with one attached hydrogen (secondary N) is 1. The molecule has 1 aromatic heterocycles. The van der Waals surface area contributed by atoms with Gasteiger partial charge < -0.3 is 10.4 Å². The van der Waals surface area contributed by atoms with E-state index in [1.165, 1.54) is 12.1 Å². The second kappa shape index (κ2) is 7.77. The summed E-state index contributed by atoms with van der Waals surface area (Å²) in [6, 6.07) is 8.46. The van der Waals surface area contributed by atoms with Crippen LogP contribution in [-0.2, 0) is 6.54 Å². The summed E-state index contributed by atoms with van der Waals surface area (Å²) >= 11 is 0. The van der Waals surface area contributed by atoms with E-state index >= 15 is 0 Å². The topological polar surface area (TPSA) is 84.2 Å². The number of hydrogen-bond donors (Lipinski definition) is 2. The van der Waals surface area contributed by atoms with Crippen molar-refractivity contribution in [1.82, 2.24) is 15.1 Å². The Kier molecular flexibility index (Phi) is 5.73. The predicted octanol–water partition coefficient (Wildman–Crippen LogP) is 3.18. The molecule has 1 heterocycles. The SMILES string of the molecule is CCC(CC)n1nc(C)cc1C(=O)NCc1ccc(C(=O)O)cc1. The van der Waals surface area contributed by atoms with Crippen LogP contribution >= 0.6 is 0 Å². The van der Waals surface area contributed by atoms with Crippen LogP contribution < -0.4 is 5.32 Å². The van der Waals surface area contributed by atoms with E-state index in [9.17, 15) is 9.59 Å². The first-order valence-electron chi connectivity index (χ1n) is 8.12. The lowest BCUT2D eigenvalue weighted by atomic mass is 10.1. The first-order valence-corrected chi connectivity index (χ1v) is 8.12. The predicted molar refractivity (Wildman–Crippen MR) is 91.2 cm³/mol. The number of amides is 1. The van der Waals surface area contributed by atoms with Crippen LogP contribution in [0.5, 0.6) is 0 Å². The molecule has 0 aliphatic rings. The molecule has 0 bridgehead atoms. The van der Waals surface area contributed by atoms with E-state index in [2.05, 4.69) is 24.3 Å². The van der Waals surface area contributed by atoms with Crippen LogP contribution in [0.4, 0.5) is 0 Å². The van der Waals surface area contributed by atoms with Crippen molar-refractivity contribution in [1.29, 1.82) is 0 Å². The third-order valence-corrected chi connectivity index (χ3v) is 4.03. The first kappa shape index (κ1) is 17.7. The van der Waals surface area contributed by atoms with Crippen molar-refractivity contribution >= 4 is 11.9 Å². The average molecular weight is 329 g/mol. The number of carbonyl (C=O) groups is 2. The fourth-order valence-corrected chi connectivity index (χ4v) is 2.64. The van der Waals surface area contributed by atoms with E-state index in [1.807, 2.05) is 6.92 Å². The Morgan fingerprint density at radius 1 is 1.21 bits per heavy atom. The number of aromatic carboxylic acids is 1. The Labute approximate surface area is 141 Å². The van der Waals surface area contributed by atoms with E-state index in [1.54, 1.807) is 22.9 Å². The number of carbonyl (C=O) groups excluding carboxylic acids is 1. The Hall–Kier alpha value is -2.63. The van der Waals surface area contributed by atoms with Gasteiger partial charge >= 0.3 is 5.97 Å². The van der Waals surface area contributed by atoms with Crippen molar-refractivity contribution in [2.24, 2.45) is 0 Å². The Morgan fingerprint density at radius 2 is 1.83 bits per heavy atom. The highest BCUT2D eigenvalue weighted by Crippen LogP contribution is 2.18. The molecule has 24 heavy (non-hydrogen) atoms. The van der Waals surface area contributed by atoms with Crippen molar-refractivity contribution in [3.63, 3.8) is 0 Å². The molecule has 0 fully saturated rings. The summed E-state index contributed by atoms with van der Waals surface area (Å²) in [5.41, 5.74) is 2.45. The molecule has 0 aliphatic carbocycles. The van der Waals surface area contributed by atoms with Gasteiger partial charge in [0.25, 0.3) is 5.91 Å². The third kappa shape index (κ3) is 4.01. The first-order chi connectivity index (χ1) is 11.5. The molecule has 0 radical (unpaired) electrons. The summed E-state index contributed by atoms with van der Waals surface area (Å²) in [6.45, 7) is 6.37. The quantitative estimate of drug-likeness (QED) is 0.817. The van der Waals surface area contributed by atoms with Crippen LogP contribution in [0, 0.1) is 6.92 Å². The summed E-state index contributed by atoms with van der Waals surface area (Å²) in [6.07, 6.45) is 1.82. The fourth-order valence-electron chi connectivity index (χ4n) is 2.64. The molecule has 6 heteroatoms. The number of aromatic nitrogens is 2. The van der Waals surface area contributed by atoms with Gasteiger partial charge in [0.2, 0.25) is 0 Å². The van der Waals surface area contributed by atoms with Crippen LogP contribution in [0.25, 0.3) is 0 Å². The van der Waals surface area contributed by atoms with Crippen molar-refractivity contribution in [3.05, 3.63) is 52.8 Å². The number of benzene rings is 1. The molecule has 6 nitrogen and oxygen atoms in total. The number of carboxylic acids is 1. The van der Waals surface area contributed by atoms with Gasteiger partial charge in [0.1, 0.15) is 5.69 Å². The maximum atomic E-state index is 12.5. The molecular formula is C18H23N3O3. The third-order valence-electron chi connectivity index (χ3n) is 4.03. The second-order valence-electron chi connectivity index (χ2n) is 5.77. The summed E-state index contributed by atoms with van der Waals surface area (Å²) in [4.78, 5) is 23.3. The fraction of sp³-hybridized carbons (Fsp3) is 0.389. The molecule has 0 saturated carbocycles. The Morgan fingerprint density at radius 3 is 2.38 bits per heavy atom. The maximum Gasteiger partial charge on any atom is 0.335 e. The van der Waals surface area contributed by atoms with Crippen molar-refractivity contribution in [2.75, 3.05) is 0 Å². The van der Waals surface area contributed by atoms with Gasteiger partial charge in [-0.25, -0.2) is 4.79 Å². The number of aryl methyl sites for hydroxylation is 1. The van der Waals surface area contributed by atoms with Crippen molar-refractivity contribution < 1.29 is 14.7 Å². The molecule has 0 saturated heterocycles. The molecule has 0 spiro atoms. The largest absolute Gasteiger partial charge is 0.478 e. The van der Waals surface area contributed by atoms with Gasteiger partial charge in [0.15, 0.2) is 0 Å². The molecule has 0 aliphatic heterocycles. The standard InChI is InChI=1S/C18H23N3O3/c1-4-15(5-2)21-16(10-12(3)20-21)17(22)19-11-13-6-8-14(9-7-13)18(23)24/h6-10,15H,4-5,11H2,1-3H3,(H,19,22)(H,23,24). The van der Waals surface area contributed by atoms with Crippen LogP contribution in [-0.4, -0.2) is 26.8 Å². The van der Waals surface area contributed by atoms with Gasteiger partial charge in [-0.15, -0.1) is 0 Å². The van der Waals surface area contributed by atoms with E-state index < -0.39 is 5.97 Å². The average Bonchev–Trinajstić information content (AvgIpc) is 2.96. The van der Waals surface area contributed by atoms with Gasteiger partial charge in [0.05, 0.1) is 17.3 Å². The monoisotopic (exact) mass is 329 g/mol. The normalized spacial score (nSPS) is 10.8. The number of carboxylic acid groups (broad SMARTS) is 1. The van der Waals surface area contributed by atoms with E-state index in [4.69, 9.17) is 5.11 Å². The molecular weight excluding hydrogens is 306 g/mol.